The van der Waals surface area contributed by atoms with Gasteiger partial charge in [-0.1, -0.05) is 0 Å². The molecule has 2 rings (SSSR count). The molecule has 1 unspecified atom stereocenters. The Morgan fingerprint density at radius 2 is 1.96 bits per heavy atom. The van der Waals surface area contributed by atoms with Crippen LogP contribution in [0.3, 0.4) is 0 Å². The number of rotatable bonds is 7. The lowest BCUT2D eigenvalue weighted by molar-refractivity contribution is -0.122. The molecule has 0 aliphatic heterocycles. The van der Waals surface area contributed by atoms with Crippen molar-refractivity contribution in [3.63, 3.8) is 0 Å². The second-order valence-electron chi connectivity index (χ2n) is 5.14. The fraction of sp³-hybridized carbons (Fsp3) is 0.312. The van der Waals surface area contributed by atoms with Crippen LogP contribution in [0.15, 0.2) is 36.7 Å². The number of nitrogens with one attached hydrogen (secondary N) is 3. The molecule has 0 bridgehead atoms. The van der Waals surface area contributed by atoms with Crippen molar-refractivity contribution in [1.29, 1.82) is 0 Å². The van der Waals surface area contributed by atoms with Crippen LogP contribution in [0.2, 0.25) is 0 Å². The summed E-state index contributed by atoms with van der Waals surface area (Å²) in [6.45, 7) is -0.0506. The highest BCUT2D eigenvalue weighted by molar-refractivity contribution is 5.95. The summed E-state index contributed by atoms with van der Waals surface area (Å²) >= 11 is 0. The molecule has 128 valence electrons. The monoisotopic (exact) mass is 331 g/mol. The number of nitrogens with zero attached hydrogens (tertiary/aromatic N) is 2. The Labute approximate surface area is 140 Å². The number of ether oxygens (including phenoxy) is 1. The molecule has 1 atom stereocenters. The number of likely N-dealkylation sites (N-methyl/N-ethyl adjacent to an activating group) is 2. The van der Waals surface area contributed by atoms with E-state index in [0.29, 0.717) is 11.4 Å². The van der Waals surface area contributed by atoms with Crippen LogP contribution in [0.4, 0.5) is 5.69 Å². The van der Waals surface area contributed by atoms with Crippen LogP contribution in [-0.4, -0.2) is 42.3 Å². The van der Waals surface area contributed by atoms with E-state index in [4.69, 9.17) is 4.74 Å². The Kier molecular flexibility index (Phi) is 5.91. The van der Waals surface area contributed by atoms with E-state index in [1.165, 1.54) is 0 Å². The fourth-order valence-corrected chi connectivity index (χ4v) is 2.11. The first kappa shape index (κ1) is 17.5. The minimum Gasteiger partial charge on any atom is -0.484 e. The van der Waals surface area contributed by atoms with E-state index >= 15 is 0 Å². The molecule has 0 fully saturated rings. The number of benzene rings is 1. The van der Waals surface area contributed by atoms with Crippen molar-refractivity contribution < 1.29 is 14.3 Å². The molecule has 1 heterocycles. The van der Waals surface area contributed by atoms with E-state index in [0.717, 1.165) is 5.56 Å². The minimum absolute atomic E-state index is 0.0506. The third-order valence-electron chi connectivity index (χ3n) is 3.38. The van der Waals surface area contributed by atoms with Gasteiger partial charge in [0.05, 0.1) is 6.20 Å². The second kappa shape index (κ2) is 8.11. The minimum atomic E-state index is -0.497. The maximum absolute atomic E-state index is 12.4. The maximum Gasteiger partial charge on any atom is 0.257 e. The maximum atomic E-state index is 12.4. The SMILES string of the molecule is CNC(=O)COc1ccc(NC(=O)C(NC)c2cnn(C)c2)cc1. The van der Waals surface area contributed by atoms with Gasteiger partial charge in [-0.25, -0.2) is 0 Å². The molecule has 24 heavy (non-hydrogen) atoms. The number of aromatic nitrogens is 2. The summed E-state index contributed by atoms with van der Waals surface area (Å²) in [4.78, 5) is 23.5. The first-order valence-corrected chi connectivity index (χ1v) is 7.43. The van der Waals surface area contributed by atoms with Gasteiger partial charge >= 0.3 is 0 Å². The lowest BCUT2D eigenvalue weighted by Gasteiger charge is -2.15. The molecular formula is C16H21N5O3. The number of carbonyl (C=O) groups is 2. The van der Waals surface area contributed by atoms with Gasteiger partial charge in [-0.3, -0.25) is 14.3 Å². The van der Waals surface area contributed by atoms with Crippen LogP contribution in [0.25, 0.3) is 0 Å². The van der Waals surface area contributed by atoms with Crippen molar-refractivity contribution in [2.24, 2.45) is 7.05 Å². The molecule has 0 aliphatic carbocycles. The van der Waals surface area contributed by atoms with Crippen LogP contribution in [-0.2, 0) is 16.6 Å². The highest BCUT2D eigenvalue weighted by atomic mass is 16.5. The lowest BCUT2D eigenvalue weighted by atomic mass is 10.1. The topological polar surface area (TPSA) is 97.3 Å². The number of amides is 2. The quantitative estimate of drug-likeness (QED) is 0.684. The first-order valence-electron chi connectivity index (χ1n) is 7.43. The molecule has 0 saturated carbocycles. The molecule has 8 nitrogen and oxygen atoms in total. The summed E-state index contributed by atoms with van der Waals surface area (Å²) in [5.41, 5.74) is 1.42. The van der Waals surface area contributed by atoms with Gasteiger partial charge in [0.15, 0.2) is 6.61 Å². The normalized spacial score (nSPS) is 11.6. The summed E-state index contributed by atoms with van der Waals surface area (Å²) in [7, 11) is 5.06. The van der Waals surface area contributed by atoms with Crippen molar-refractivity contribution in [2.45, 2.75) is 6.04 Å². The van der Waals surface area contributed by atoms with Crippen LogP contribution < -0.4 is 20.7 Å². The summed E-state index contributed by atoms with van der Waals surface area (Å²) < 4.78 is 6.96. The summed E-state index contributed by atoms with van der Waals surface area (Å²) in [6.07, 6.45) is 3.44. The van der Waals surface area contributed by atoms with Crippen LogP contribution >= 0.6 is 0 Å². The van der Waals surface area contributed by atoms with Gasteiger partial charge in [-0.05, 0) is 31.3 Å². The van der Waals surface area contributed by atoms with Gasteiger partial charge in [0.1, 0.15) is 11.8 Å². The standard InChI is InChI=1S/C16H21N5O3/c1-17-14(22)10-24-13-6-4-12(5-7-13)20-16(23)15(18-2)11-8-19-21(3)9-11/h4-9,15,18H,10H2,1-3H3,(H,17,22)(H,20,23). The van der Waals surface area contributed by atoms with E-state index < -0.39 is 6.04 Å². The zero-order chi connectivity index (χ0) is 17.5. The molecule has 2 amide bonds. The average Bonchev–Trinajstić information content (AvgIpc) is 3.00. The predicted molar refractivity (Wildman–Crippen MR) is 89.6 cm³/mol. The van der Waals surface area contributed by atoms with Crippen LogP contribution in [0, 0.1) is 0 Å². The highest BCUT2D eigenvalue weighted by Crippen LogP contribution is 2.18. The van der Waals surface area contributed by atoms with E-state index in [1.54, 1.807) is 62.5 Å². The zero-order valence-corrected chi connectivity index (χ0v) is 13.9. The van der Waals surface area contributed by atoms with Gasteiger partial charge in [0.2, 0.25) is 5.91 Å². The van der Waals surface area contributed by atoms with E-state index in [9.17, 15) is 9.59 Å². The lowest BCUT2D eigenvalue weighted by Crippen LogP contribution is -2.30. The van der Waals surface area contributed by atoms with Crippen molar-refractivity contribution in [3.05, 3.63) is 42.2 Å². The molecule has 0 aliphatic rings. The molecule has 0 saturated heterocycles. The molecular weight excluding hydrogens is 310 g/mol. The van der Waals surface area contributed by atoms with Gasteiger partial charge < -0.3 is 20.7 Å². The number of hydrogen-bond acceptors (Lipinski definition) is 5. The second-order valence-corrected chi connectivity index (χ2v) is 5.14. The van der Waals surface area contributed by atoms with Crippen molar-refractivity contribution in [3.8, 4) is 5.75 Å². The van der Waals surface area contributed by atoms with Crippen LogP contribution in [0.5, 0.6) is 5.75 Å². The molecule has 2 aromatic rings. The summed E-state index contributed by atoms with van der Waals surface area (Å²) in [5.74, 6) is 0.152. The number of hydrogen-bond donors (Lipinski definition) is 3. The molecule has 8 heteroatoms. The highest BCUT2D eigenvalue weighted by Gasteiger charge is 2.20. The van der Waals surface area contributed by atoms with Gasteiger partial charge in [0.25, 0.3) is 5.91 Å². The molecule has 0 radical (unpaired) electrons. The van der Waals surface area contributed by atoms with E-state index in [-0.39, 0.29) is 18.4 Å². The van der Waals surface area contributed by atoms with E-state index in [2.05, 4.69) is 21.0 Å². The Morgan fingerprint density at radius 3 is 2.50 bits per heavy atom. The fourth-order valence-electron chi connectivity index (χ4n) is 2.11. The average molecular weight is 331 g/mol. The van der Waals surface area contributed by atoms with Gasteiger partial charge in [-0.15, -0.1) is 0 Å². The zero-order valence-electron chi connectivity index (χ0n) is 13.9. The number of aryl methyl sites for hydroxylation is 1. The molecule has 0 spiro atoms. The Balaban J connectivity index is 1.97. The molecule has 1 aromatic heterocycles. The first-order chi connectivity index (χ1) is 11.5. The molecule has 1 aromatic carbocycles. The Hall–Kier alpha value is -2.87. The largest absolute Gasteiger partial charge is 0.484 e. The summed E-state index contributed by atoms with van der Waals surface area (Å²) in [6, 6.07) is 6.32. The van der Waals surface area contributed by atoms with Crippen molar-refractivity contribution in [2.75, 3.05) is 26.0 Å². The summed E-state index contributed by atoms with van der Waals surface area (Å²) in [5, 5.41) is 12.3. The predicted octanol–water partition coefficient (Wildman–Crippen LogP) is 0.444. The van der Waals surface area contributed by atoms with Crippen molar-refractivity contribution in [1.82, 2.24) is 20.4 Å². The van der Waals surface area contributed by atoms with Gasteiger partial charge in [0, 0.05) is 31.5 Å². The van der Waals surface area contributed by atoms with Crippen LogP contribution in [0.1, 0.15) is 11.6 Å². The number of carbonyl (C=O) groups excluding carboxylic acids is 2. The Bertz CT molecular complexity index is 696. The number of anilines is 1. The Morgan fingerprint density at radius 1 is 1.25 bits per heavy atom. The van der Waals surface area contributed by atoms with Crippen molar-refractivity contribution >= 4 is 17.5 Å². The smallest absolute Gasteiger partial charge is 0.257 e. The molecule has 3 N–H and O–H groups in total. The third kappa shape index (κ3) is 4.56. The van der Waals surface area contributed by atoms with Gasteiger partial charge in [-0.2, -0.15) is 5.10 Å². The third-order valence-corrected chi connectivity index (χ3v) is 3.38. The van der Waals surface area contributed by atoms with E-state index in [1.807, 2.05) is 0 Å².